The van der Waals surface area contributed by atoms with E-state index in [9.17, 15) is 32.3 Å². The number of carbonyl (C=O) groups excluding carboxylic acids is 1. The van der Waals surface area contributed by atoms with Crippen LogP contribution in [0.2, 0.25) is 0 Å². The van der Waals surface area contributed by atoms with E-state index in [0.29, 0.717) is 11.1 Å². The minimum absolute atomic E-state index is 0.0209. The van der Waals surface area contributed by atoms with Crippen molar-refractivity contribution in [1.82, 2.24) is 5.16 Å². The van der Waals surface area contributed by atoms with E-state index in [1.54, 1.807) is 0 Å². The molecule has 2 N–H and O–H groups in total. The first-order chi connectivity index (χ1) is 14.9. The number of phenolic OH excluding ortho intramolecular Hbond substituents is 1. The molecule has 2 aromatic carbocycles. The molecule has 4 rings (SSSR count). The van der Waals surface area contributed by atoms with E-state index in [0.717, 1.165) is 18.2 Å². The number of carbonyl (C=O) groups is 1. The molecular formula is C21H16F4N2O5. The number of aromatic nitrogens is 1. The first-order valence-electron chi connectivity index (χ1n) is 9.34. The minimum Gasteiger partial charge on any atom is -0.508 e. The van der Waals surface area contributed by atoms with Gasteiger partial charge in [0.1, 0.15) is 11.6 Å². The molecule has 11 heteroatoms. The predicted molar refractivity (Wildman–Crippen MR) is 104 cm³/mol. The molecule has 32 heavy (non-hydrogen) atoms. The van der Waals surface area contributed by atoms with E-state index in [4.69, 9.17) is 4.74 Å². The summed E-state index contributed by atoms with van der Waals surface area (Å²) in [5.41, 5.74) is -5.63. The van der Waals surface area contributed by atoms with Crippen LogP contribution in [0.5, 0.6) is 5.75 Å². The molecule has 2 heterocycles. The molecule has 7 nitrogen and oxygen atoms in total. The van der Waals surface area contributed by atoms with E-state index in [1.165, 1.54) is 32.0 Å². The monoisotopic (exact) mass is 452 g/mol. The van der Waals surface area contributed by atoms with Crippen molar-refractivity contribution < 1.29 is 36.7 Å². The number of nitrogens with zero attached hydrogens (tertiary/aromatic N) is 1. The number of aromatic hydroxyl groups is 1. The number of halogens is 4. The Balaban J connectivity index is 1.66. The highest BCUT2D eigenvalue weighted by Gasteiger charge is 2.73. The summed E-state index contributed by atoms with van der Waals surface area (Å²) >= 11 is 0. The third-order valence-corrected chi connectivity index (χ3v) is 5.49. The number of phenols is 1. The molecule has 2 atom stereocenters. The summed E-state index contributed by atoms with van der Waals surface area (Å²) in [7, 11) is 0. The molecule has 1 aromatic heterocycles. The van der Waals surface area contributed by atoms with E-state index < -0.39 is 46.9 Å². The second-order valence-corrected chi connectivity index (χ2v) is 7.77. The standard InChI is InChI=1S/C21H16F4N2O5/c1-10-14-8-12(4-5-13(14)17(29)31-27-10)26-18(30)20(21(23,24)25)9-19(2,32-20)15-7-11(22)3-6-16(15)28/h3-8,28H,9H2,1-2H3,(H,26,30). The van der Waals surface area contributed by atoms with Gasteiger partial charge in [0.25, 0.3) is 5.91 Å². The van der Waals surface area contributed by atoms with Gasteiger partial charge in [0.15, 0.2) is 0 Å². The molecule has 1 saturated heterocycles. The average Bonchev–Trinajstić information content (AvgIpc) is 2.69. The average molecular weight is 452 g/mol. The summed E-state index contributed by atoms with van der Waals surface area (Å²) in [5.74, 6) is -2.73. The van der Waals surface area contributed by atoms with Gasteiger partial charge in [-0.05, 0) is 50.2 Å². The zero-order chi connectivity index (χ0) is 23.5. The lowest BCUT2D eigenvalue weighted by atomic mass is 9.74. The van der Waals surface area contributed by atoms with Gasteiger partial charge in [-0.2, -0.15) is 13.2 Å². The second-order valence-electron chi connectivity index (χ2n) is 7.77. The normalized spacial score (nSPS) is 23.1. The Kier molecular flexibility index (Phi) is 4.77. The molecule has 1 fully saturated rings. The fourth-order valence-corrected chi connectivity index (χ4v) is 3.89. The zero-order valence-corrected chi connectivity index (χ0v) is 16.7. The molecule has 0 saturated carbocycles. The number of alkyl halides is 3. The molecular weight excluding hydrogens is 436 g/mol. The lowest BCUT2D eigenvalue weighted by Crippen LogP contribution is -2.69. The lowest BCUT2D eigenvalue weighted by molar-refractivity contribution is -0.365. The van der Waals surface area contributed by atoms with Gasteiger partial charge in [0.2, 0.25) is 5.60 Å². The highest BCUT2D eigenvalue weighted by atomic mass is 19.4. The van der Waals surface area contributed by atoms with Crippen molar-refractivity contribution in [3.8, 4) is 5.75 Å². The molecule has 3 aromatic rings. The molecule has 1 aliphatic rings. The van der Waals surface area contributed by atoms with Crippen molar-refractivity contribution in [1.29, 1.82) is 0 Å². The minimum atomic E-state index is -5.10. The quantitative estimate of drug-likeness (QED) is 0.585. The van der Waals surface area contributed by atoms with Crippen LogP contribution >= 0.6 is 0 Å². The molecule has 1 amide bonds. The summed E-state index contributed by atoms with van der Waals surface area (Å²) < 4.78 is 65.1. The van der Waals surface area contributed by atoms with Gasteiger partial charge in [-0.25, -0.2) is 9.18 Å². The maximum Gasteiger partial charge on any atom is 0.426 e. The highest BCUT2D eigenvalue weighted by molar-refractivity contribution is 6.00. The summed E-state index contributed by atoms with van der Waals surface area (Å²) in [5, 5.41) is 16.1. The molecule has 0 aliphatic carbocycles. The van der Waals surface area contributed by atoms with E-state index in [1.807, 2.05) is 0 Å². The Morgan fingerprint density at radius 3 is 2.53 bits per heavy atom. The number of rotatable bonds is 3. The van der Waals surface area contributed by atoms with Gasteiger partial charge >= 0.3 is 11.8 Å². The van der Waals surface area contributed by atoms with Crippen molar-refractivity contribution in [3.63, 3.8) is 0 Å². The van der Waals surface area contributed by atoms with E-state index in [-0.39, 0.29) is 16.6 Å². The number of ether oxygens (including phenoxy) is 1. The molecule has 0 bridgehead atoms. The van der Waals surface area contributed by atoms with Crippen LogP contribution in [-0.2, 0) is 15.1 Å². The first kappa shape index (κ1) is 21.8. The van der Waals surface area contributed by atoms with Crippen molar-refractivity contribution >= 4 is 22.4 Å². The number of fused-ring (bicyclic) bond motifs is 1. The maximum absolute atomic E-state index is 13.9. The van der Waals surface area contributed by atoms with Crippen LogP contribution < -0.4 is 10.9 Å². The van der Waals surface area contributed by atoms with E-state index >= 15 is 0 Å². The van der Waals surface area contributed by atoms with Crippen molar-refractivity contribution in [2.45, 2.75) is 37.6 Å². The van der Waals surface area contributed by atoms with Crippen LogP contribution in [0.15, 0.2) is 45.7 Å². The van der Waals surface area contributed by atoms with Crippen LogP contribution in [0.25, 0.3) is 10.8 Å². The topological polar surface area (TPSA) is 102 Å². The smallest absolute Gasteiger partial charge is 0.426 e. The van der Waals surface area contributed by atoms with Gasteiger partial charge in [-0.15, -0.1) is 0 Å². The van der Waals surface area contributed by atoms with Crippen LogP contribution in [-0.4, -0.2) is 27.9 Å². The summed E-state index contributed by atoms with van der Waals surface area (Å²) in [6, 6.07) is 6.64. The molecule has 2 unspecified atom stereocenters. The zero-order valence-electron chi connectivity index (χ0n) is 16.7. The van der Waals surface area contributed by atoms with Crippen LogP contribution in [0, 0.1) is 12.7 Å². The summed E-state index contributed by atoms with van der Waals surface area (Å²) in [6.07, 6.45) is -5.99. The third-order valence-electron chi connectivity index (χ3n) is 5.49. The number of benzene rings is 2. The van der Waals surface area contributed by atoms with Gasteiger partial charge in [0.05, 0.1) is 16.7 Å². The largest absolute Gasteiger partial charge is 0.508 e. The number of amides is 1. The fourth-order valence-electron chi connectivity index (χ4n) is 3.89. The Bertz CT molecular complexity index is 1300. The first-order valence-corrected chi connectivity index (χ1v) is 9.34. The van der Waals surface area contributed by atoms with Crippen molar-refractivity contribution in [3.05, 3.63) is 63.9 Å². The highest BCUT2D eigenvalue weighted by Crippen LogP contribution is 2.57. The lowest BCUT2D eigenvalue weighted by Gasteiger charge is -2.53. The van der Waals surface area contributed by atoms with Gasteiger partial charge in [-0.1, -0.05) is 5.16 Å². The Morgan fingerprint density at radius 1 is 1.19 bits per heavy atom. The van der Waals surface area contributed by atoms with Crippen molar-refractivity contribution in [2.75, 3.05) is 5.32 Å². The number of hydrogen-bond acceptors (Lipinski definition) is 6. The van der Waals surface area contributed by atoms with Gasteiger partial charge < -0.3 is 19.7 Å². The molecule has 168 valence electrons. The Labute approximate surface area is 177 Å². The molecule has 0 radical (unpaired) electrons. The predicted octanol–water partition coefficient (Wildman–Crippen LogP) is 3.92. The number of hydrogen-bond donors (Lipinski definition) is 2. The third kappa shape index (κ3) is 3.29. The number of aryl methyl sites for hydroxylation is 1. The van der Waals surface area contributed by atoms with Crippen molar-refractivity contribution in [2.24, 2.45) is 0 Å². The Morgan fingerprint density at radius 2 is 1.88 bits per heavy atom. The Hall–Kier alpha value is -3.47. The molecule has 0 spiro atoms. The van der Waals surface area contributed by atoms with Crippen LogP contribution in [0.1, 0.15) is 24.6 Å². The summed E-state index contributed by atoms with van der Waals surface area (Å²) in [4.78, 5) is 24.5. The van der Waals surface area contributed by atoms with Crippen LogP contribution in [0.4, 0.5) is 23.2 Å². The molecule has 1 aliphatic heterocycles. The summed E-state index contributed by atoms with van der Waals surface area (Å²) in [6.45, 7) is 2.75. The number of nitrogens with one attached hydrogen (secondary N) is 1. The number of anilines is 1. The van der Waals surface area contributed by atoms with Crippen LogP contribution in [0.3, 0.4) is 0 Å². The fraction of sp³-hybridized carbons (Fsp3) is 0.286. The SMILES string of the molecule is Cc1noc(=O)c2ccc(NC(=O)C3(C(F)(F)F)CC(C)(c4cc(F)ccc4O)O3)cc12. The van der Waals surface area contributed by atoms with Gasteiger partial charge in [0, 0.05) is 23.1 Å². The van der Waals surface area contributed by atoms with Gasteiger partial charge in [-0.3, -0.25) is 4.79 Å². The second kappa shape index (κ2) is 7.02. The maximum atomic E-state index is 13.9. The van der Waals surface area contributed by atoms with E-state index in [2.05, 4.69) is 15.0 Å².